The maximum atomic E-state index is 2.32. The van der Waals surface area contributed by atoms with E-state index in [2.05, 4.69) is 52.0 Å². The van der Waals surface area contributed by atoms with Gasteiger partial charge in [0.2, 0.25) is 0 Å². The first kappa shape index (κ1) is 12.7. The fourth-order valence-electron chi connectivity index (χ4n) is 2.85. The summed E-state index contributed by atoms with van der Waals surface area (Å²) in [5.41, 5.74) is 5.83. The topological polar surface area (TPSA) is 0 Å². The van der Waals surface area contributed by atoms with E-state index in [1.165, 1.54) is 55.3 Å². The molecule has 1 heterocycles. The van der Waals surface area contributed by atoms with Crippen molar-refractivity contribution in [2.24, 2.45) is 0 Å². The number of aryl methyl sites for hydroxylation is 4. The SMILES string of the molecule is CCCc1ccc2c(sc3c(C)c(C)ccc32)c1C. The maximum Gasteiger partial charge on any atom is 0.0387 e. The Morgan fingerprint density at radius 3 is 2.16 bits per heavy atom. The van der Waals surface area contributed by atoms with Gasteiger partial charge in [-0.1, -0.05) is 37.6 Å². The summed E-state index contributed by atoms with van der Waals surface area (Å²) in [5.74, 6) is 0. The molecule has 0 unspecified atom stereocenters. The molecule has 0 amide bonds. The van der Waals surface area contributed by atoms with Crippen LogP contribution < -0.4 is 0 Å². The van der Waals surface area contributed by atoms with Crippen LogP contribution in [-0.2, 0) is 6.42 Å². The van der Waals surface area contributed by atoms with E-state index in [0.717, 1.165) is 0 Å². The van der Waals surface area contributed by atoms with Crippen molar-refractivity contribution in [3.63, 3.8) is 0 Å². The number of thiophene rings is 1. The van der Waals surface area contributed by atoms with Gasteiger partial charge in [-0.25, -0.2) is 0 Å². The second kappa shape index (κ2) is 4.64. The van der Waals surface area contributed by atoms with Crippen molar-refractivity contribution in [3.05, 3.63) is 46.5 Å². The average molecular weight is 268 g/mol. The van der Waals surface area contributed by atoms with Gasteiger partial charge in [-0.05, 0) is 49.4 Å². The number of hydrogen-bond acceptors (Lipinski definition) is 1. The minimum atomic E-state index is 1.19. The molecule has 0 aliphatic carbocycles. The van der Waals surface area contributed by atoms with Crippen molar-refractivity contribution in [1.29, 1.82) is 0 Å². The monoisotopic (exact) mass is 268 g/mol. The third-order valence-electron chi connectivity index (χ3n) is 4.21. The summed E-state index contributed by atoms with van der Waals surface area (Å²) >= 11 is 1.97. The molecule has 0 fully saturated rings. The van der Waals surface area contributed by atoms with Gasteiger partial charge in [0.25, 0.3) is 0 Å². The Morgan fingerprint density at radius 1 is 0.842 bits per heavy atom. The van der Waals surface area contributed by atoms with Gasteiger partial charge in [0, 0.05) is 20.2 Å². The molecule has 0 N–H and O–H groups in total. The van der Waals surface area contributed by atoms with Crippen LogP contribution >= 0.6 is 11.3 Å². The standard InChI is InChI=1S/C18H20S/c1-5-6-14-8-10-16-15-9-7-11(2)12(3)17(15)19-18(16)13(14)4/h7-10H,5-6H2,1-4H3. The lowest BCUT2D eigenvalue weighted by Crippen LogP contribution is -1.87. The lowest BCUT2D eigenvalue weighted by molar-refractivity contribution is 0.916. The zero-order valence-electron chi connectivity index (χ0n) is 12.1. The summed E-state index contributed by atoms with van der Waals surface area (Å²) < 4.78 is 2.95. The van der Waals surface area contributed by atoms with Crippen molar-refractivity contribution in [3.8, 4) is 0 Å². The summed E-state index contributed by atoms with van der Waals surface area (Å²) in [7, 11) is 0. The van der Waals surface area contributed by atoms with Crippen LogP contribution in [0.2, 0.25) is 0 Å². The van der Waals surface area contributed by atoms with E-state index in [1.54, 1.807) is 0 Å². The average Bonchev–Trinajstić information content (AvgIpc) is 2.78. The highest BCUT2D eigenvalue weighted by atomic mass is 32.1. The van der Waals surface area contributed by atoms with Crippen LogP contribution in [0.15, 0.2) is 24.3 Å². The number of rotatable bonds is 2. The van der Waals surface area contributed by atoms with E-state index in [9.17, 15) is 0 Å². The summed E-state index contributed by atoms with van der Waals surface area (Å²) in [5, 5.41) is 2.86. The van der Waals surface area contributed by atoms with Crippen molar-refractivity contribution in [2.45, 2.75) is 40.5 Å². The molecule has 0 spiro atoms. The van der Waals surface area contributed by atoms with E-state index in [0.29, 0.717) is 0 Å². The van der Waals surface area contributed by atoms with Crippen LogP contribution in [0, 0.1) is 20.8 Å². The first-order valence-electron chi connectivity index (χ1n) is 7.04. The smallest absolute Gasteiger partial charge is 0.0387 e. The van der Waals surface area contributed by atoms with Crippen molar-refractivity contribution >= 4 is 31.5 Å². The molecule has 0 atom stereocenters. The molecule has 0 aliphatic heterocycles. The fourth-order valence-corrected chi connectivity index (χ4v) is 4.23. The number of benzene rings is 2. The van der Waals surface area contributed by atoms with Gasteiger partial charge in [-0.3, -0.25) is 0 Å². The Kier molecular flexibility index (Phi) is 3.10. The molecule has 0 nitrogen and oxygen atoms in total. The highest BCUT2D eigenvalue weighted by molar-refractivity contribution is 7.26. The van der Waals surface area contributed by atoms with Crippen LogP contribution in [0.4, 0.5) is 0 Å². The molecule has 2 aromatic carbocycles. The zero-order valence-corrected chi connectivity index (χ0v) is 12.9. The normalized spacial score (nSPS) is 11.6. The molecule has 3 rings (SSSR count). The van der Waals surface area contributed by atoms with E-state index in [4.69, 9.17) is 0 Å². The van der Waals surface area contributed by atoms with E-state index >= 15 is 0 Å². The number of hydrogen-bond donors (Lipinski definition) is 0. The minimum absolute atomic E-state index is 1.19. The first-order chi connectivity index (χ1) is 9.13. The van der Waals surface area contributed by atoms with Crippen LogP contribution in [0.25, 0.3) is 20.2 Å². The Balaban J connectivity index is 2.39. The predicted molar refractivity (Wildman–Crippen MR) is 87.5 cm³/mol. The fraction of sp³-hybridized carbons (Fsp3) is 0.333. The highest BCUT2D eigenvalue weighted by Gasteiger charge is 2.11. The molecule has 0 saturated carbocycles. The van der Waals surface area contributed by atoms with Crippen molar-refractivity contribution < 1.29 is 0 Å². The molecule has 3 aromatic rings. The summed E-state index contributed by atoms with van der Waals surface area (Å²) in [6.45, 7) is 8.98. The maximum absolute atomic E-state index is 2.32. The number of fused-ring (bicyclic) bond motifs is 3. The van der Waals surface area contributed by atoms with Crippen LogP contribution in [-0.4, -0.2) is 0 Å². The summed E-state index contributed by atoms with van der Waals surface area (Å²) in [6, 6.07) is 9.18. The third-order valence-corrected chi connectivity index (χ3v) is 5.67. The molecular weight excluding hydrogens is 248 g/mol. The minimum Gasteiger partial charge on any atom is -0.135 e. The van der Waals surface area contributed by atoms with Gasteiger partial charge >= 0.3 is 0 Å². The van der Waals surface area contributed by atoms with Crippen molar-refractivity contribution in [2.75, 3.05) is 0 Å². The lowest BCUT2D eigenvalue weighted by Gasteiger charge is -2.05. The van der Waals surface area contributed by atoms with E-state index in [1.807, 2.05) is 11.3 Å². The Hall–Kier alpha value is -1.34. The molecule has 0 saturated heterocycles. The summed E-state index contributed by atoms with van der Waals surface area (Å²) in [6.07, 6.45) is 2.41. The quantitative estimate of drug-likeness (QED) is 0.540. The van der Waals surface area contributed by atoms with Gasteiger partial charge in [0.05, 0.1) is 0 Å². The second-order valence-electron chi connectivity index (χ2n) is 5.46. The van der Waals surface area contributed by atoms with E-state index < -0.39 is 0 Å². The molecule has 0 radical (unpaired) electrons. The largest absolute Gasteiger partial charge is 0.135 e. The Labute approximate surface area is 119 Å². The van der Waals surface area contributed by atoms with Crippen molar-refractivity contribution in [1.82, 2.24) is 0 Å². The Bertz CT molecular complexity index is 762. The van der Waals surface area contributed by atoms with Gasteiger partial charge in [0.1, 0.15) is 0 Å². The lowest BCUT2D eigenvalue weighted by atomic mass is 10.00. The van der Waals surface area contributed by atoms with Crippen LogP contribution in [0.5, 0.6) is 0 Å². The molecule has 0 bridgehead atoms. The third kappa shape index (κ3) is 1.88. The first-order valence-corrected chi connectivity index (χ1v) is 7.86. The Morgan fingerprint density at radius 2 is 1.47 bits per heavy atom. The van der Waals surface area contributed by atoms with Gasteiger partial charge in [-0.15, -0.1) is 11.3 Å². The summed E-state index contributed by atoms with van der Waals surface area (Å²) in [4.78, 5) is 0. The molecule has 1 aromatic heterocycles. The van der Waals surface area contributed by atoms with Gasteiger partial charge < -0.3 is 0 Å². The highest BCUT2D eigenvalue weighted by Crippen LogP contribution is 2.39. The molecule has 0 aliphatic rings. The molecule has 1 heteroatoms. The molecule has 19 heavy (non-hydrogen) atoms. The van der Waals surface area contributed by atoms with Gasteiger partial charge in [0.15, 0.2) is 0 Å². The van der Waals surface area contributed by atoms with E-state index in [-0.39, 0.29) is 0 Å². The molecule has 98 valence electrons. The van der Waals surface area contributed by atoms with Crippen LogP contribution in [0.1, 0.15) is 35.6 Å². The predicted octanol–water partition coefficient (Wildman–Crippen LogP) is 5.93. The van der Waals surface area contributed by atoms with Gasteiger partial charge in [-0.2, -0.15) is 0 Å². The zero-order chi connectivity index (χ0) is 13.6. The second-order valence-corrected chi connectivity index (χ2v) is 6.48. The molecular formula is C18H20S. The van der Waals surface area contributed by atoms with Crippen LogP contribution in [0.3, 0.4) is 0 Å².